The summed E-state index contributed by atoms with van der Waals surface area (Å²) in [5.74, 6) is -0.464. The Labute approximate surface area is 208 Å². The van der Waals surface area contributed by atoms with Gasteiger partial charge < -0.3 is 10.6 Å². The Morgan fingerprint density at radius 3 is 2.29 bits per heavy atom. The Morgan fingerprint density at radius 2 is 1.68 bits per heavy atom. The predicted octanol–water partition coefficient (Wildman–Crippen LogP) is 5.53. The summed E-state index contributed by atoms with van der Waals surface area (Å²) in [7, 11) is 0. The summed E-state index contributed by atoms with van der Waals surface area (Å²) in [6, 6.07) is 14.1. The number of nitrogens with one attached hydrogen (secondary N) is 2. The zero-order chi connectivity index (χ0) is 23.9. The van der Waals surface area contributed by atoms with E-state index in [-0.39, 0.29) is 30.2 Å². The van der Waals surface area contributed by atoms with Crippen LogP contribution >= 0.6 is 22.7 Å². The van der Waals surface area contributed by atoms with Crippen LogP contribution in [0.2, 0.25) is 0 Å². The molecule has 4 rings (SSSR count). The maximum absolute atomic E-state index is 13.7. The van der Waals surface area contributed by atoms with E-state index in [0.717, 1.165) is 35.4 Å². The molecule has 3 amide bonds. The van der Waals surface area contributed by atoms with Gasteiger partial charge in [0.15, 0.2) is 0 Å². The summed E-state index contributed by atoms with van der Waals surface area (Å²) < 4.78 is 0. The normalized spacial score (nSPS) is 14.9. The molecule has 178 valence electrons. The van der Waals surface area contributed by atoms with Gasteiger partial charge in [0.1, 0.15) is 6.04 Å². The lowest BCUT2D eigenvalue weighted by atomic mass is 9.95. The molecular weight excluding hydrogens is 466 g/mol. The van der Waals surface area contributed by atoms with Crippen LogP contribution in [0.4, 0.5) is 11.4 Å². The van der Waals surface area contributed by atoms with Crippen LogP contribution in [0.3, 0.4) is 0 Å². The summed E-state index contributed by atoms with van der Waals surface area (Å²) in [5, 5.41) is 9.86. The van der Waals surface area contributed by atoms with Crippen LogP contribution < -0.4 is 15.5 Å². The molecule has 2 heterocycles. The van der Waals surface area contributed by atoms with E-state index < -0.39 is 6.04 Å². The van der Waals surface area contributed by atoms with Crippen molar-refractivity contribution in [3.8, 4) is 0 Å². The lowest BCUT2D eigenvalue weighted by Gasteiger charge is -2.33. The monoisotopic (exact) mass is 495 g/mol. The molecule has 0 aliphatic heterocycles. The van der Waals surface area contributed by atoms with Gasteiger partial charge in [-0.15, -0.1) is 22.7 Å². The van der Waals surface area contributed by atoms with Gasteiger partial charge in [0, 0.05) is 34.1 Å². The van der Waals surface area contributed by atoms with Crippen molar-refractivity contribution in [2.45, 2.75) is 57.5 Å². The summed E-state index contributed by atoms with van der Waals surface area (Å²) in [6.07, 6.45) is 5.58. The lowest BCUT2D eigenvalue weighted by Crippen LogP contribution is -2.47. The molecular formula is C26H29N3O3S2. The first kappa shape index (κ1) is 24.2. The van der Waals surface area contributed by atoms with Crippen LogP contribution in [0.15, 0.2) is 59.3 Å². The van der Waals surface area contributed by atoms with Crippen LogP contribution in [0.5, 0.6) is 0 Å². The Morgan fingerprint density at radius 1 is 0.971 bits per heavy atom. The molecule has 34 heavy (non-hydrogen) atoms. The average molecular weight is 496 g/mol. The number of carbonyl (C=O) groups excluding carboxylic acids is 3. The highest BCUT2D eigenvalue weighted by molar-refractivity contribution is 7.10. The Kier molecular flexibility index (Phi) is 8.13. The highest BCUT2D eigenvalue weighted by atomic mass is 32.1. The van der Waals surface area contributed by atoms with E-state index in [1.54, 1.807) is 29.2 Å². The minimum Gasteiger partial charge on any atom is -0.351 e. The molecule has 1 aliphatic carbocycles. The molecule has 0 radical (unpaired) electrons. The van der Waals surface area contributed by atoms with Crippen molar-refractivity contribution in [2.24, 2.45) is 0 Å². The third kappa shape index (κ3) is 6.12. The second-order valence-electron chi connectivity index (χ2n) is 8.51. The molecule has 1 atom stereocenters. The lowest BCUT2D eigenvalue weighted by molar-refractivity contribution is -0.127. The van der Waals surface area contributed by atoms with E-state index >= 15 is 0 Å². The molecule has 0 spiro atoms. The summed E-state index contributed by atoms with van der Waals surface area (Å²) in [4.78, 5) is 42.2. The topological polar surface area (TPSA) is 78.5 Å². The van der Waals surface area contributed by atoms with Crippen LogP contribution in [-0.2, 0) is 20.8 Å². The maximum Gasteiger partial charge on any atom is 0.248 e. The predicted molar refractivity (Wildman–Crippen MR) is 138 cm³/mol. The van der Waals surface area contributed by atoms with Gasteiger partial charge in [-0.25, -0.2) is 0 Å². The number of hydrogen-bond acceptors (Lipinski definition) is 5. The number of hydrogen-bond donors (Lipinski definition) is 2. The molecule has 0 bridgehead atoms. The molecule has 0 unspecified atom stereocenters. The minimum absolute atomic E-state index is 0.139. The molecule has 1 saturated carbocycles. The van der Waals surface area contributed by atoms with E-state index in [1.807, 2.05) is 35.0 Å². The molecule has 1 aromatic carbocycles. The van der Waals surface area contributed by atoms with Crippen LogP contribution in [0.1, 0.15) is 54.8 Å². The molecule has 3 aromatic rings. The van der Waals surface area contributed by atoms with Gasteiger partial charge in [-0.05, 0) is 60.0 Å². The molecule has 2 aromatic heterocycles. The maximum atomic E-state index is 13.7. The Hall–Kier alpha value is -2.97. The van der Waals surface area contributed by atoms with Crippen molar-refractivity contribution in [1.82, 2.24) is 5.32 Å². The third-order valence-electron chi connectivity index (χ3n) is 5.91. The van der Waals surface area contributed by atoms with E-state index in [1.165, 1.54) is 36.0 Å². The van der Waals surface area contributed by atoms with E-state index in [0.29, 0.717) is 11.4 Å². The summed E-state index contributed by atoms with van der Waals surface area (Å²) >= 11 is 3.00. The molecule has 1 fully saturated rings. The number of benzene rings is 1. The first-order chi connectivity index (χ1) is 16.5. The zero-order valence-corrected chi connectivity index (χ0v) is 20.8. The number of thiophene rings is 2. The van der Waals surface area contributed by atoms with Gasteiger partial charge in [0.05, 0.1) is 6.42 Å². The number of amides is 3. The van der Waals surface area contributed by atoms with Crippen molar-refractivity contribution in [1.29, 1.82) is 0 Å². The molecule has 1 aliphatic rings. The van der Waals surface area contributed by atoms with Gasteiger partial charge in [-0.1, -0.05) is 31.4 Å². The van der Waals surface area contributed by atoms with E-state index in [2.05, 4.69) is 10.6 Å². The van der Waals surface area contributed by atoms with Crippen LogP contribution in [0, 0.1) is 0 Å². The van der Waals surface area contributed by atoms with Crippen molar-refractivity contribution in [2.75, 3.05) is 10.2 Å². The number of nitrogens with zero attached hydrogens (tertiary/aromatic N) is 1. The van der Waals surface area contributed by atoms with Crippen LogP contribution in [-0.4, -0.2) is 23.8 Å². The number of carbonyl (C=O) groups is 3. The molecule has 6 nitrogen and oxygen atoms in total. The zero-order valence-electron chi connectivity index (χ0n) is 19.2. The van der Waals surface area contributed by atoms with Crippen molar-refractivity contribution < 1.29 is 14.4 Å². The second kappa shape index (κ2) is 11.4. The van der Waals surface area contributed by atoms with Gasteiger partial charge in [-0.3, -0.25) is 19.3 Å². The summed E-state index contributed by atoms with van der Waals surface area (Å²) in [6.45, 7) is 1.45. The third-order valence-corrected chi connectivity index (χ3v) is 7.71. The Bertz CT molecular complexity index is 1090. The van der Waals surface area contributed by atoms with Crippen LogP contribution in [0.25, 0.3) is 0 Å². The van der Waals surface area contributed by atoms with Gasteiger partial charge in [-0.2, -0.15) is 0 Å². The van der Waals surface area contributed by atoms with Gasteiger partial charge >= 0.3 is 0 Å². The largest absolute Gasteiger partial charge is 0.351 e. The van der Waals surface area contributed by atoms with Crippen molar-refractivity contribution in [3.63, 3.8) is 0 Å². The number of rotatable bonds is 8. The first-order valence-corrected chi connectivity index (χ1v) is 13.3. The highest BCUT2D eigenvalue weighted by Crippen LogP contribution is 2.33. The molecule has 0 saturated heterocycles. The Balaban J connectivity index is 1.68. The van der Waals surface area contributed by atoms with Gasteiger partial charge in [0.2, 0.25) is 17.7 Å². The first-order valence-electron chi connectivity index (χ1n) is 11.6. The fourth-order valence-corrected chi connectivity index (χ4v) is 5.85. The summed E-state index contributed by atoms with van der Waals surface area (Å²) in [5.41, 5.74) is 1.26. The quantitative estimate of drug-likeness (QED) is 0.431. The fraction of sp³-hybridized carbons (Fsp3) is 0.346. The fourth-order valence-electron chi connectivity index (χ4n) is 4.34. The van der Waals surface area contributed by atoms with E-state index in [9.17, 15) is 14.4 Å². The SMILES string of the molecule is CC(=O)Nc1ccc(N(C(=O)Cc2cccs2)[C@H](C(=O)NC2CCCCC2)c2cccs2)cc1. The standard InChI is InChI=1S/C26H29N3O3S2/c1-18(30)27-20-11-13-21(14-12-20)29(24(31)17-22-9-5-15-33-22)25(23-10-6-16-34-23)26(32)28-19-7-3-2-4-8-19/h5-6,9-16,19,25H,2-4,7-8,17H2,1H3,(H,27,30)(H,28,32)/t25-/m0/s1. The van der Waals surface area contributed by atoms with E-state index in [4.69, 9.17) is 0 Å². The highest BCUT2D eigenvalue weighted by Gasteiger charge is 2.34. The minimum atomic E-state index is -0.763. The van der Waals surface area contributed by atoms with Gasteiger partial charge in [0.25, 0.3) is 0 Å². The van der Waals surface area contributed by atoms with Crippen molar-refractivity contribution >= 4 is 51.8 Å². The number of anilines is 2. The molecule has 2 N–H and O–H groups in total. The molecule has 8 heteroatoms. The van der Waals surface area contributed by atoms with Crippen molar-refractivity contribution in [3.05, 3.63) is 69.0 Å². The average Bonchev–Trinajstić information content (AvgIpc) is 3.53. The smallest absolute Gasteiger partial charge is 0.248 e. The second-order valence-corrected chi connectivity index (χ2v) is 10.5.